The summed E-state index contributed by atoms with van der Waals surface area (Å²) in [6.45, 7) is 0.796. The van der Waals surface area contributed by atoms with E-state index >= 15 is 0 Å². The van der Waals surface area contributed by atoms with Gasteiger partial charge in [0, 0.05) is 25.6 Å². The van der Waals surface area contributed by atoms with E-state index in [-0.39, 0.29) is 11.8 Å². The molecule has 0 unspecified atom stereocenters. The Morgan fingerprint density at radius 1 is 0.913 bits per heavy atom. The predicted octanol–water partition coefficient (Wildman–Crippen LogP) is 2.66. The highest BCUT2D eigenvalue weighted by Gasteiger charge is 2.03. The van der Waals surface area contributed by atoms with E-state index < -0.39 is 0 Å². The smallest absolute Gasteiger partial charge is 0.243 e. The number of hydrogen-bond donors (Lipinski definition) is 2. The zero-order valence-electron chi connectivity index (χ0n) is 13.7. The minimum atomic E-state index is -0.122. The van der Waals surface area contributed by atoms with E-state index in [9.17, 15) is 9.59 Å². The molecule has 2 amide bonds. The molecule has 1 rings (SSSR count). The minimum Gasteiger partial charge on any atom is -0.382 e. The summed E-state index contributed by atoms with van der Waals surface area (Å²) in [4.78, 5) is 28.1. The van der Waals surface area contributed by atoms with Crippen LogP contribution < -0.4 is 10.8 Å². The lowest BCUT2D eigenvalue weighted by Gasteiger charge is -2.06. The summed E-state index contributed by atoms with van der Waals surface area (Å²) in [5.41, 5.74) is 3.19. The lowest BCUT2D eigenvalue weighted by molar-refractivity contribution is -0.134. The Kier molecular flexibility index (Phi) is 10.5. The quantitative estimate of drug-likeness (QED) is 0.458. The zero-order valence-corrected chi connectivity index (χ0v) is 13.7. The van der Waals surface area contributed by atoms with Crippen molar-refractivity contribution >= 4 is 17.5 Å². The van der Waals surface area contributed by atoms with Gasteiger partial charge in [0.25, 0.3) is 0 Å². The van der Waals surface area contributed by atoms with Crippen LogP contribution in [0.2, 0.25) is 0 Å². The third kappa shape index (κ3) is 10.4. The number of carbonyl (C=O) groups is 2. The maximum Gasteiger partial charge on any atom is 0.243 e. The van der Waals surface area contributed by atoms with Crippen molar-refractivity contribution in [2.75, 3.05) is 25.6 Å². The highest BCUT2D eigenvalue weighted by atomic mass is 16.7. The Balaban J connectivity index is 1.94. The van der Waals surface area contributed by atoms with Crippen molar-refractivity contribution in [3.05, 3.63) is 30.3 Å². The van der Waals surface area contributed by atoms with Gasteiger partial charge in [0.05, 0.1) is 13.2 Å². The molecule has 0 aliphatic rings. The summed E-state index contributed by atoms with van der Waals surface area (Å²) in [6, 6.07) is 9.42. The van der Waals surface area contributed by atoms with Crippen molar-refractivity contribution in [3.8, 4) is 0 Å². The topological polar surface area (TPSA) is 76.7 Å². The molecule has 0 fully saturated rings. The zero-order chi connectivity index (χ0) is 16.8. The molecule has 0 aliphatic heterocycles. The maximum absolute atomic E-state index is 11.7. The van der Waals surface area contributed by atoms with Crippen molar-refractivity contribution in [1.29, 1.82) is 0 Å². The fraction of sp³-hybridized carbons (Fsp3) is 0.529. The van der Waals surface area contributed by atoms with E-state index in [4.69, 9.17) is 9.57 Å². The fourth-order valence-corrected chi connectivity index (χ4v) is 1.98. The van der Waals surface area contributed by atoms with Crippen LogP contribution in [0.3, 0.4) is 0 Å². The van der Waals surface area contributed by atoms with E-state index in [1.54, 1.807) is 7.11 Å². The molecule has 0 aliphatic carbocycles. The molecule has 0 saturated carbocycles. The van der Waals surface area contributed by atoms with Crippen molar-refractivity contribution in [2.24, 2.45) is 0 Å². The third-order valence-corrected chi connectivity index (χ3v) is 3.19. The second-order valence-corrected chi connectivity index (χ2v) is 5.19. The number of hydroxylamine groups is 1. The van der Waals surface area contributed by atoms with Crippen LogP contribution in [-0.2, 0) is 19.2 Å². The molecule has 0 spiro atoms. The monoisotopic (exact) mass is 322 g/mol. The summed E-state index contributed by atoms with van der Waals surface area (Å²) >= 11 is 0. The lowest BCUT2D eigenvalue weighted by Crippen LogP contribution is -2.25. The molecule has 0 bridgehead atoms. The van der Waals surface area contributed by atoms with Crippen LogP contribution in [0.5, 0.6) is 0 Å². The highest BCUT2D eigenvalue weighted by Crippen LogP contribution is 2.09. The summed E-state index contributed by atoms with van der Waals surface area (Å²) < 4.78 is 4.80. The lowest BCUT2D eigenvalue weighted by atomic mass is 10.1. The van der Waals surface area contributed by atoms with Crippen LogP contribution in [0.15, 0.2) is 30.3 Å². The normalized spacial score (nSPS) is 10.3. The minimum absolute atomic E-state index is 0.0282. The third-order valence-electron chi connectivity index (χ3n) is 3.19. The van der Waals surface area contributed by atoms with Gasteiger partial charge in [-0.15, -0.1) is 0 Å². The standard InChI is InChI=1S/C17H26N2O4/c1-22-13-14-23-19-17(21)12-8-3-2-7-11-16(20)18-15-9-5-4-6-10-15/h4-6,9-10H,2-3,7-8,11-14H2,1H3,(H,18,20)(H,19,21). The molecule has 0 heterocycles. The van der Waals surface area contributed by atoms with Gasteiger partial charge in [0.1, 0.15) is 0 Å². The summed E-state index contributed by atoms with van der Waals surface area (Å²) in [5, 5.41) is 2.85. The maximum atomic E-state index is 11.7. The second-order valence-electron chi connectivity index (χ2n) is 5.19. The van der Waals surface area contributed by atoms with Crippen molar-refractivity contribution < 1.29 is 19.2 Å². The first-order valence-electron chi connectivity index (χ1n) is 7.97. The number of methoxy groups -OCH3 is 1. The highest BCUT2D eigenvalue weighted by molar-refractivity contribution is 5.90. The number of benzene rings is 1. The molecule has 23 heavy (non-hydrogen) atoms. The van der Waals surface area contributed by atoms with Crippen LogP contribution in [0.1, 0.15) is 38.5 Å². The summed E-state index contributed by atoms with van der Waals surface area (Å²) in [6.07, 6.45) is 4.40. The molecule has 0 atom stereocenters. The van der Waals surface area contributed by atoms with E-state index in [0.717, 1.165) is 31.4 Å². The van der Waals surface area contributed by atoms with Gasteiger partial charge in [-0.2, -0.15) is 0 Å². The Morgan fingerprint density at radius 2 is 1.57 bits per heavy atom. The Labute approximate surface area is 137 Å². The van der Waals surface area contributed by atoms with Crippen molar-refractivity contribution in [3.63, 3.8) is 0 Å². The number of rotatable bonds is 12. The molecule has 2 N–H and O–H groups in total. The van der Waals surface area contributed by atoms with Gasteiger partial charge in [-0.3, -0.25) is 14.4 Å². The molecular weight excluding hydrogens is 296 g/mol. The molecule has 0 saturated heterocycles. The number of amides is 2. The van der Waals surface area contributed by atoms with Gasteiger partial charge >= 0.3 is 0 Å². The summed E-state index contributed by atoms with van der Waals surface area (Å²) in [5.74, 6) is -0.0941. The van der Waals surface area contributed by atoms with Gasteiger partial charge in [-0.05, 0) is 25.0 Å². The van der Waals surface area contributed by atoms with E-state index in [1.165, 1.54) is 0 Å². The van der Waals surface area contributed by atoms with Gasteiger partial charge in [0.2, 0.25) is 11.8 Å². The molecule has 6 nitrogen and oxygen atoms in total. The van der Waals surface area contributed by atoms with E-state index in [0.29, 0.717) is 26.1 Å². The van der Waals surface area contributed by atoms with Crippen LogP contribution in [-0.4, -0.2) is 32.1 Å². The van der Waals surface area contributed by atoms with Gasteiger partial charge in [0.15, 0.2) is 0 Å². The average Bonchev–Trinajstić information content (AvgIpc) is 2.56. The van der Waals surface area contributed by atoms with E-state index in [2.05, 4.69) is 10.8 Å². The SMILES string of the molecule is COCCONC(=O)CCCCCCC(=O)Nc1ccccc1. The second kappa shape index (κ2) is 12.6. The number of ether oxygens (including phenoxy) is 1. The Hall–Kier alpha value is -1.92. The van der Waals surface area contributed by atoms with Gasteiger partial charge in [-0.1, -0.05) is 31.0 Å². The fourth-order valence-electron chi connectivity index (χ4n) is 1.98. The first-order valence-corrected chi connectivity index (χ1v) is 7.97. The number of carbonyl (C=O) groups excluding carboxylic acids is 2. The average molecular weight is 322 g/mol. The largest absolute Gasteiger partial charge is 0.382 e. The molecule has 1 aromatic carbocycles. The van der Waals surface area contributed by atoms with Crippen molar-refractivity contribution in [1.82, 2.24) is 5.48 Å². The molecule has 6 heteroatoms. The summed E-state index contributed by atoms with van der Waals surface area (Å²) in [7, 11) is 1.57. The number of anilines is 1. The first kappa shape index (κ1) is 19.1. The van der Waals surface area contributed by atoms with Crippen LogP contribution in [0, 0.1) is 0 Å². The Bertz CT molecular complexity index is 451. The molecule has 1 aromatic rings. The molecule has 128 valence electrons. The van der Waals surface area contributed by atoms with Gasteiger partial charge < -0.3 is 10.1 Å². The number of nitrogens with one attached hydrogen (secondary N) is 2. The van der Waals surface area contributed by atoms with Crippen LogP contribution in [0.25, 0.3) is 0 Å². The van der Waals surface area contributed by atoms with Crippen molar-refractivity contribution in [2.45, 2.75) is 38.5 Å². The number of unbranched alkanes of at least 4 members (excludes halogenated alkanes) is 3. The number of para-hydroxylation sites is 1. The number of hydrogen-bond acceptors (Lipinski definition) is 4. The van der Waals surface area contributed by atoms with Crippen LogP contribution >= 0.6 is 0 Å². The Morgan fingerprint density at radius 3 is 2.22 bits per heavy atom. The van der Waals surface area contributed by atoms with E-state index in [1.807, 2.05) is 30.3 Å². The molecule has 0 radical (unpaired) electrons. The predicted molar refractivity (Wildman–Crippen MR) is 88.7 cm³/mol. The molecule has 0 aromatic heterocycles. The first-order chi connectivity index (χ1) is 11.2. The van der Waals surface area contributed by atoms with Gasteiger partial charge in [-0.25, -0.2) is 5.48 Å². The molecular formula is C17H26N2O4. The van der Waals surface area contributed by atoms with Crippen LogP contribution in [0.4, 0.5) is 5.69 Å².